The first-order valence-corrected chi connectivity index (χ1v) is 2.88. The van der Waals surface area contributed by atoms with Crippen LogP contribution in [0.1, 0.15) is 0 Å². The van der Waals surface area contributed by atoms with E-state index in [-0.39, 0.29) is 6.61 Å². The van der Waals surface area contributed by atoms with Gasteiger partial charge in [0, 0.05) is 18.5 Å². The molecule has 1 aromatic rings. The van der Waals surface area contributed by atoms with Crippen LogP contribution in [0, 0.1) is 0 Å². The molecule has 1 aromatic heterocycles. The van der Waals surface area contributed by atoms with Crippen LogP contribution in [-0.2, 0) is 4.79 Å². The van der Waals surface area contributed by atoms with E-state index in [9.17, 15) is 4.79 Å². The lowest BCUT2D eigenvalue weighted by Crippen LogP contribution is -1.90. The van der Waals surface area contributed by atoms with Crippen molar-refractivity contribution in [3.63, 3.8) is 0 Å². The van der Waals surface area contributed by atoms with Crippen molar-refractivity contribution in [1.29, 1.82) is 0 Å². The van der Waals surface area contributed by atoms with Crippen molar-refractivity contribution in [2.24, 2.45) is 0 Å². The second-order valence-electron chi connectivity index (χ2n) is 1.68. The van der Waals surface area contributed by atoms with Crippen LogP contribution in [0.2, 0.25) is 0 Å². The van der Waals surface area contributed by atoms with Gasteiger partial charge in [-0.1, -0.05) is 0 Å². The molecule has 1 rings (SSSR count). The molecule has 52 valence electrons. The second-order valence-corrected chi connectivity index (χ2v) is 1.68. The van der Waals surface area contributed by atoms with Crippen molar-refractivity contribution in [2.75, 3.05) is 6.61 Å². The smallest absolute Gasteiger partial charge is 0.137 e. The number of rotatable bonds is 3. The molecule has 1 N–H and O–H groups in total. The summed E-state index contributed by atoms with van der Waals surface area (Å²) in [5.41, 5.74) is 0. The molecule has 0 amide bonds. The van der Waals surface area contributed by atoms with Crippen LogP contribution in [-0.4, -0.2) is 17.5 Å². The first-order valence-electron chi connectivity index (χ1n) is 2.88. The lowest BCUT2D eigenvalue weighted by Gasteiger charge is -1.94. The van der Waals surface area contributed by atoms with E-state index in [0.717, 1.165) is 5.75 Å². The molecule has 0 atom stereocenters. The van der Waals surface area contributed by atoms with Gasteiger partial charge >= 0.3 is 0 Å². The maximum atomic E-state index is 9.66. The van der Waals surface area contributed by atoms with E-state index < -0.39 is 0 Å². The van der Waals surface area contributed by atoms with Gasteiger partial charge in [-0.3, -0.25) is 0 Å². The molecule has 0 saturated heterocycles. The van der Waals surface area contributed by atoms with Gasteiger partial charge in [0.1, 0.15) is 18.3 Å². The van der Waals surface area contributed by atoms with E-state index in [4.69, 9.17) is 4.74 Å². The minimum absolute atomic E-state index is 0.279. The minimum atomic E-state index is 0.279. The summed E-state index contributed by atoms with van der Waals surface area (Å²) >= 11 is 0. The Balaban J connectivity index is 2.34. The average Bonchev–Trinajstić information content (AvgIpc) is 2.41. The fourth-order valence-corrected chi connectivity index (χ4v) is 0.570. The molecule has 0 bridgehead atoms. The van der Waals surface area contributed by atoms with Gasteiger partial charge in [-0.05, 0) is 6.07 Å². The zero-order chi connectivity index (χ0) is 7.23. The molecule has 0 saturated carbocycles. The van der Waals surface area contributed by atoms with Crippen LogP contribution in [0.15, 0.2) is 24.5 Å². The summed E-state index contributed by atoms with van der Waals surface area (Å²) < 4.78 is 5.04. The second kappa shape index (κ2) is 3.54. The highest BCUT2D eigenvalue weighted by Gasteiger charge is 1.87. The summed E-state index contributed by atoms with van der Waals surface area (Å²) in [5, 5.41) is 0. The lowest BCUT2D eigenvalue weighted by atomic mass is 10.6. The molecule has 0 aliphatic heterocycles. The van der Waals surface area contributed by atoms with Crippen LogP contribution in [0.4, 0.5) is 0 Å². The molecule has 1 heterocycles. The lowest BCUT2D eigenvalue weighted by molar-refractivity contribution is 0.364. The molecule has 3 heteroatoms. The third kappa shape index (κ3) is 1.80. The van der Waals surface area contributed by atoms with Crippen molar-refractivity contribution < 1.29 is 9.53 Å². The summed E-state index contributed by atoms with van der Waals surface area (Å²) in [6, 6.07) is 1.78. The zero-order valence-electron chi connectivity index (χ0n) is 5.33. The summed E-state index contributed by atoms with van der Waals surface area (Å²) in [5.74, 6) is 2.35. The average molecular weight is 137 g/mol. The van der Waals surface area contributed by atoms with Gasteiger partial charge in [0.05, 0.1) is 0 Å². The minimum Gasteiger partial charge on any atom is -0.487 e. The Labute approximate surface area is 58.3 Å². The van der Waals surface area contributed by atoms with Gasteiger partial charge in [-0.2, -0.15) is 0 Å². The number of carbonyl (C=O) groups excluding carboxylic acids is 1. The molecule has 0 aliphatic rings. The molecule has 10 heavy (non-hydrogen) atoms. The molecule has 0 spiro atoms. The largest absolute Gasteiger partial charge is 0.487 e. The molecule has 3 nitrogen and oxygen atoms in total. The normalized spacial score (nSPS) is 8.40. The highest BCUT2D eigenvalue weighted by molar-refractivity contribution is 5.45. The molecule has 0 aliphatic carbocycles. The Bertz CT molecular complexity index is 222. The number of aromatic amines is 1. The van der Waals surface area contributed by atoms with Crippen molar-refractivity contribution in [2.45, 2.75) is 0 Å². The molecular formula is C7H7NO2. The summed E-state index contributed by atoms with van der Waals surface area (Å²) in [7, 11) is 0. The monoisotopic (exact) mass is 137 g/mol. The van der Waals surface area contributed by atoms with Crippen molar-refractivity contribution >= 4 is 5.94 Å². The number of ether oxygens (including phenoxy) is 1. The number of hydrogen-bond donors (Lipinski definition) is 1. The van der Waals surface area contributed by atoms with Crippen LogP contribution < -0.4 is 4.74 Å². The SMILES string of the molecule is O=C=CCOc1cc[nH]c1. The van der Waals surface area contributed by atoms with Gasteiger partial charge < -0.3 is 9.72 Å². The Morgan fingerprint density at radius 3 is 3.30 bits per heavy atom. The number of aromatic nitrogens is 1. The quantitative estimate of drug-likeness (QED) is 0.625. The zero-order valence-corrected chi connectivity index (χ0v) is 5.33. The first-order chi connectivity index (χ1) is 4.93. The van der Waals surface area contributed by atoms with Gasteiger partial charge in [0.25, 0.3) is 0 Å². The predicted molar refractivity (Wildman–Crippen MR) is 36.6 cm³/mol. The van der Waals surface area contributed by atoms with Gasteiger partial charge in [0.2, 0.25) is 0 Å². The first kappa shape index (κ1) is 6.65. The fourth-order valence-electron chi connectivity index (χ4n) is 0.570. The van der Waals surface area contributed by atoms with Gasteiger partial charge in [-0.15, -0.1) is 0 Å². The van der Waals surface area contributed by atoms with Crippen LogP contribution in [0.5, 0.6) is 5.75 Å². The van der Waals surface area contributed by atoms with Crippen LogP contribution >= 0.6 is 0 Å². The molecule has 0 aromatic carbocycles. The molecule has 0 radical (unpaired) electrons. The van der Waals surface area contributed by atoms with Crippen molar-refractivity contribution in [3.8, 4) is 5.75 Å². The van der Waals surface area contributed by atoms with Gasteiger partial charge in [0.15, 0.2) is 0 Å². The highest BCUT2D eigenvalue weighted by atomic mass is 16.5. The Morgan fingerprint density at radius 2 is 2.70 bits per heavy atom. The van der Waals surface area contributed by atoms with E-state index in [1.54, 1.807) is 24.4 Å². The maximum absolute atomic E-state index is 9.66. The van der Waals surface area contributed by atoms with Gasteiger partial charge in [-0.25, -0.2) is 4.79 Å². The van der Waals surface area contributed by atoms with E-state index in [0.29, 0.717) is 0 Å². The Hall–Kier alpha value is -1.47. The maximum Gasteiger partial charge on any atom is 0.137 e. The predicted octanol–water partition coefficient (Wildman–Crippen LogP) is 0.781. The fraction of sp³-hybridized carbons (Fsp3) is 0.143. The summed E-state index contributed by atoms with van der Waals surface area (Å²) in [4.78, 5) is 12.5. The van der Waals surface area contributed by atoms with Crippen molar-refractivity contribution in [1.82, 2.24) is 4.98 Å². The van der Waals surface area contributed by atoms with Crippen LogP contribution in [0.25, 0.3) is 0 Å². The molecule has 0 fully saturated rings. The summed E-state index contributed by atoms with van der Waals surface area (Å²) in [6.07, 6.45) is 4.74. The molecule has 0 unspecified atom stereocenters. The third-order valence-electron chi connectivity index (χ3n) is 0.986. The number of nitrogens with one attached hydrogen (secondary N) is 1. The third-order valence-corrected chi connectivity index (χ3v) is 0.986. The number of hydrogen-bond acceptors (Lipinski definition) is 2. The topological polar surface area (TPSA) is 42.1 Å². The molecular weight excluding hydrogens is 130 g/mol. The number of H-pyrrole nitrogens is 1. The Kier molecular flexibility index (Phi) is 2.35. The summed E-state index contributed by atoms with van der Waals surface area (Å²) in [6.45, 7) is 0.279. The highest BCUT2D eigenvalue weighted by Crippen LogP contribution is 2.05. The van der Waals surface area contributed by atoms with Crippen LogP contribution in [0.3, 0.4) is 0 Å². The van der Waals surface area contributed by atoms with E-state index >= 15 is 0 Å². The van der Waals surface area contributed by atoms with E-state index in [1.165, 1.54) is 6.08 Å². The van der Waals surface area contributed by atoms with Crippen molar-refractivity contribution in [3.05, 3.63) is 24.5 Å². The van der Waals surface area contributed by atoms with E-state index in [2.05, 4.69) is 4.98 Å². The van der Waals surface area contributed by atoms with E-state index in [1.807, 2.05) is 0 Å². The standard InChI is InChI=1S/C7H7NO2/c9-4-1-5-10-7-2-3-8-6-7/h1-3,6,8H,5H2. The Morgan fingerprint density at radius 1 is 1.80 bits per heavy atom.